The van der Waals surface area contributed by atoms with Crippen LogP contribution in [0.25, 0.3) is 11.5 Å². The Morgan fingerprint density at radius 3 is 2.85 bits per heavy atom. The Morgan fingerprint density at radius 2 is 2.00 bits per heavy atom. The van der Waals surface area contributed by atoms with Crippen LogP contribution >= 0.6 is 0 Å². The first-order valence-electron chi connectivity index (χ1n) is 8.17. The number of pyridine rings is 1. The van der Waals surface area contributed by atoms with Gasteiger partial charge in [0.05, 0.1) is 12.1 Å². The minimum atomic E-state index is -0.163. The smallest absolute Gasteiger partial charge is 0.231 e. The number of ether oxygens (including phenoxy) is 2. The van der Waals surface area contributed by atoms with Gasteiger partial charge in [-0.25, -0.2) is 4.98 Å². The van der Waals surface area contributed by atoms with Gasteiger partial charge in [-0.05, 0) is 44.2 Å². The number of benzene rings is 1. The van der Waals surface area contributed by atoms with Crippen molar-refractivity contribution in [2.45, 2.75) is 20.3 Å². The Labute approximate surface area is 150 Å². The van der Waals surface area contributed by atoms with Crippen molar-refractivity contribution in [2.24, 2.45) is 0 Å². The molecular weight excluding hydrogens is 334 g/mol. The van der Waals surface area contributed by atoms with Gasteiger partial charge in [-0.1, -0.05) is 0 Å². The second-order valence-corrected chi connectivity index (χ2v) is 6.00. The van der Waals surface area contributed by atoms with Crippen LogP contribution in [0.2, 0.25) is 0 Å². The molecule has 0 atom stereocenters. The standard InChI is InChI=1S/C19H17N3O4/c1-11-7-14(5-6-20-11)21-18(23)9-15-12(2)26-19(22-15)13-3-4-16-17(8-13)25-10-24-16/h3-8H,9-10H2,1-2H3,(H,20,21,23). The van der Waals surface area contributed by atoms with E-state index in [1.165, 1.54) is 0 Å². The number of fused-ring (bicyclic) bond motifs is 1. The summed E-state index contributed by atoms with van der Waals surface area (Å²) in [5, 5.41) is 2.84. The van der Waals surface area contributed by atoms with Crippen LogP contribution in [-0.2, 0) is 11.2 Å². The molecule has 0 saturated heterocycles. The second-order valence-electron chi connectivity index (χ2n) is 6.00. The van der Waals surface area contributed by atoms with Crippen LogP contribution in [0, 0.1) is 13.8 Å². The zero-order chi connectivity index (χ0) is 18.1. The lowest BCUT2D eigenvalue weighted by Gasteiger charge is -2.04. The van der Waals surface area contributed by atoms with Crippen LogP contribution in [-0.4, -0.2) is 22.7 Å². The molecule has 26 heavy (non-hydrogen) atoms. The number of hydrogen-bond donors (Lipinski definition) is 1. The number of aryl methyl sites for hydroxylation is 2. The predicted octanol–water partition coefficient (Wildman–Crippen LogP) is 3.26. The van der Waals surface area contributed by atoms with Crippen molar-refractivity contribution in [2.75, 3.05) is 12.1 Å². The van der Waals surface area contributed by atoms with E-state index < -0.39 is 0 Å². The normalized spacial score (nSPS) is 12.2. The first kappa shape index (κ1) is 16.1. The van der Waals surface area contributed by atoms with Gasteiger partial charge in [-0.2, -0.15) is 0 Å². The third-order valence-corrected chi connectivity index (χ3v) is 4.02. The Balaban J connectivity index is 1.50. The topological polar surface area (TPSA) is 86.5 Å². The van der Waals surface area contributed by atoms with Crippen molar-refractivity contribution in [3.63, 3.8) is 0 Å². The summed E-state index contributed by atoms with van der Waals surface area (Å²) in [5.41, 5.74) is 2.92. The van der Waals surface area contributed by atoms with Crippen molar-refractivity contribution in [3.05, 3.63) is 53.7 Å². The largest absolute Gasteiger partial charge is 0.454 e. The van der Waals surface area contributed by atoms with Crippen LogP contribution in [0.3, 0.4) is 0 Å². The molecule has 1 aromatic carbocycles. The highest BCUT2D eigenvalue weighted by Crippen LogP contribution is 2.36. The third kappa shape index (κ3) is 3.23. The quantitative estimate of drug-likeness (QED) is 0.776. The van der Waals surface area contributed by atoms with Crippen molar-refractivity contribution in [1.29, 1.82) is 0 Å². The van der Waals surface area contributed by atoms with Gasteiger partial charge < -0.3 is 19.2 Å². The number of aromatic nitrogens is 2. The molecule has 1 aliphatic heterocycles. The minimum Gasteiger partial charge on any atom is -0.454 e. The maximum Gasteiger partial charge on any atom is 0.231 e. The zero-order valence-electron chi connectivity index (χ0n) is 14.4. The van der Waals surface area contributed by atoms with E-state index in [9.17, 15) is 4.79 Å². The summed E-state index contributed by atoms with van der Waals surface area (Å²) < 4.78 is 16.4. The van der Waals surface area contributed by atoms with Crippen molar-refractivity contribution in [1.82, 2.24) is 9.97 Å². The van der Waals surface area contributed by atoms with Gasteiger partial charge >= 0.3 is 0 Å². The van der Waals surface area contributed by atoms with Crippen LogP contribution < -0.4 is 14.8 Å². The number of nitrogens with zero attached hydrogens (tertiary/aromatic N) is 2. The molecule has 0 bridgehead atoms. The molecule has 3 aromatic rings. The molecule has 132 valence electrons. The van der Waals surface area contributed by atoms with Gasteiger partial charge in [0.2, 0.25) is 18.6 Å². The monoisotopic (exact) mass is 351 g/mol. The maximum atomic E-state index is 12.3. The van der Waals surface area contributed by atoms with Crippen LogP contribution in [0.5, 0.6) is 11.5 Å². The van der Waals surface area contributed by atoms with E-state index in [0.29, 0.717) is 34.5 Å². The molecule has 0 aliphatic carbocycles. The van der Waals surface area contributed by atoms with E-state index in [1.54, 1.807) is 19.2 Å². The third-order valence-electron chi connectivity index (χ3n) is 4.02. The number of carbonyl (C=O) groups is 1. The number of nitrogens with one attached hydrogen (secondary N) is 1. The summed E-state index contributed by atoms with van der Waals surface area (Å²) in [4.78, 5) is 20.9. The van der Waals surface area contributed by atoms with Gasteiger partial charge in [0.25, 0.3) is 0 Å². The molecule has 7 heteroatoms. The highest BCUT2D eigenvalue weighted by Gasteiger charge is 2.18. The summed E-state index contributed by atoms with van der Waals surface area (Å²) in [6, 6.07) is 9.04. The Morgan fingerprint density at radius 1 is 1.15 bits per heavy atom. The SMILES string of the molecule is Cc1cc(NC(=O)Cc2nc(-c3ccc4c(c3)OCO4)oc2C)ccn1. The molecule has 1 aliphatic rings. The average Bonchev–Trinajstić information content (AvgIpc) is 3.21. The molecule has 0 spiro atoms. The molecular formula is C19H17N3O4. The Kier molecular flexibility index (Phi) is 4.04. The highest BCUT2D eigenvalue weighted by atomic mass is 16.7. The van der Waals surface area contributed by atoms with Crippen molar-refractivity contribution in [3.8, 4) is 23.0 Å². The van der Waals surface area contributed by atoms with Gasteiger partial charge in [0, 0.05) is 23.1 Å². The molecule has 0 radical (unpaired) electrons. The maximum absolute atomic E-state index is 12.3. The number of rotatable bonds is 4. The first-order valence-corrected chi connectivity index (χ1v) is 8.17. The Bertz CT molecular complexity index is 981. The van der Waals surface area contributed by atoms with E-state index >= 15 is 0 Å². The van der Waals surface area contributed by atoms with Crippen LogP contribution in [0.4, 0.5) is 5.69 Å². The number of carbonyl (C=O) groups excluding carboxylic acids is 1. The highest BCUT2D eigenvalue weighted by molar-refractivity contribution is 5.92. The van der Waals surface area contributed by atoms with Gasteiger partial charge in [0.1, 0.15) is 5.76 Å². The zero-order valence-corrected chi connectivity index (χ0v) is 14.4. The molecule has 3 heterocycles. The molecule has 0 saturated carbocycles. The predicted molar refractivity (Wildman–Crippen MR) is 94.1 cm³/mol. The fourth-order valence-corrected chi connectivity index (χ4v) is 2.73. The lowest BCUT2D eigenvalue weighted by atomic mass is 10.2. The second kappa shape index (κ2) is 6.51. The molecule has 1 N–H and O–H groups in total. The number of amides is 1. The molecule has 4 rings (SSSR count). The first-order chi connectivity index (χ1) is 12.6. The van der Waals surface area contributed by atoms with E-state index in [4.69, 9.17) is 13.9 Å². The van der Waals surface area contributed by atoms with Crippen molar-refractivity contribution >= 4 is 11.6 Å². The fraction of sp³-hybridized carbons (Fsp3) is 0.211. The van der Waals surface area contributed by atoms with Crippen molar-refractivity contribution < 1.29 is 18.7 Å². The molecule has 0 unspecified atom stereocenters. The van der Waals surface area contributed by atoms with Gasteiger partial charge in [0.15, 0.2) is 11.5 Å². The van der Waals surface area contributed by atoms with Crippen LogP contribution in [0.1, 0.15) is 17.1 Å². The van der Waals surface area contributed by atoms with E-state index in [1.807, 2.05) is 31.2 Å². The minimum absolute atomic E-state index is 0.126. The molecule has 1 amide bonds. The lowest BCUT2D eigenvalue weighted by Crippen LogP contribution is -2.15. The van der Waals surface area contributed by atoms with E-state index in [0.717, 1.165) is 11.3 Å². The Hall–Kier alpha value is -3.35. The summed E-state index contributed by atoms with van der Waals surface area (Å²) in [7, 11) is 0. The van der Waals surface area contributed by atoms with E-state index in [2.05, 4.69) is 15.3 Å². The summed E-state index contributed by atoms with van der Waals surface area (Å²) in [6.07, 6.45) is 1.78. The number of oxazole rings is 1. The molecule has 0 fully saturated rings. The summed E-state index contributed by atoms with van der Waals surface area (Å²) >= 11 is 0. The van der Waals surface area contributed by atoms with Gasteiger partial charge in [-0.15, -0.1) is 0 Å². The average molecular weight is 351 g/mol. The lowest BCUT2D eigenvalue weighted by molar-refractivity contribution is -0.115. The molecule has 2 aromatic heterocycles. The van der Waals surface area contributed by atoms with Gasteiger partial charge in [-0.3, -0.25) is 9.78 Å². The number of anilines is 1. The molecule has 7 nitrogen and oxygen atoms in total. The summed E-state index contributed by atoms with van der Waals surface area (Å²) in [6.45, 7) is 3.88. The number of hydrogen-bond acceptors (Lipinski definition) is 6. The fourth-order valence-electron chi connectivity index (χ4n) is 2.73. The van der Waals surface area contributed by atoms with Crippen LogP contribution in [0.15, 0.2) is 40.9 Å². The van der Waals surface area contributed by atoms with E-state index in [-0.39, 0.29) is 19.1 Å². The summed E-state index contributed by atoms with van der Waals surface area (Å²) in [5.74, 6) is 2.25.